The molecule has 0 saturated heterocycles. The average Bonchev–Trinajstić information content (AvgIpc) is 3.31. The van der Waals surface area contributed by atoms with Crippen molar-refractivity contribution in [2.75, 3.05) is 22.5 Å². The molecule has 8 nitrogen and oxygen atoms in total. The topological polar surface area (TPSA) is 93.0 Å². The summed E-state index contributed by atoms with van der Waals surface area (Å²) in [5.74, 6) is -0.223. The minimum Gasteiger partial charge on any atom is -0.323 e. The summed E-state index contributed by atoms with van der Waals surface area (Å²) in [6, 6.07) is 11.2. The third-order valence-electron chi connectivity index (χ3n) is 3.78. The second-order valence-electron chi connectivity index (χ2n) is 5.53. The van der Waals surface area contributed by atoms with Gasteiger partial charge in [-0.25, -0.2) is 4.68 Å². The number of aromatic nitrogens is 4. The van der Waals surface area contributed by atoms with Crippen molar-refractivity contribution < 1.29 is 9.59 Å². The maximum Gasteiger partial charge on any atom is 0.244 e. The molecule has 0 unspecified atom stereocenters. The average molecular weight is 386 g/mol. The van der Waals surface area contributed by atoms with Crippen molar-refractivity contribution in [3.8, 4) is 0 Å². The van der Waals surface area contributed by atoms with Gasteiger partial charge in [0.15, 0.2) is 0 Å². The fraction of sp³-hybridized carbons (Fsp3) is 0.188. The first-order valence-corrected chi connectivity index (χ1v) is 9.68. The van der Waals surface area contributed by atoms with Crippen molar-refractivity contribution in [1.29, 1.82) is 0 Å². The summed E-state index contributed by atoms with van der Waals surface area (Å²) in [5, 5.41) is 17.0. The lowest BCUT2D eigenvalue weighted by Crippen LogP contribution is -2.43. The maximum atomic E-state index is 12.7. The SMILES string of the molecule is O=C1CN(C(=O)CSc2nnnn2Cc2cccs2)c2ccccc2N1. The minimum atomic E-state index is -0.204. The predicted octanol–water partition coefficient (Wildman–Crippen LogP) is 1.86. The number of nitrogens with zero attached hydrogens (tertiary/aromatic N) is 5. The molecule has 0 radical (unpaired) electrons. The number of rotatable bonds is 5. The predicted molar refractivity (Wildman–Crippen MR) is 99.4 cm³/mol. The highest BCUT2D eigenvalue weighted by atomic mass is 32.2. The fourth-order valence-electron chi connectivity index (χ4n) is 2.61. The second kappa shape index (κ2) is 7.26. The van der Waals surface area contributed by atoms with E-state index < -0.39 is 0 Å². The van der Waals surface area contributed by atoms with Crippen LogP contribution in [0.2, 0.25) is 0 Å². The van der Waals surface area contributed by atoms with E-state index in [1.165, 1.54) is 16.7 Å². The van der Waals surface area contributed by atoms with Gasteiger partial charge in [0, 0.05) is 4.88 Å². The second-order valence-corrected chi connectivity index (χ2v) is 7.51. The summed E-state index contributed by atoms with van der Waals surface area (Å²) >= 11 is 2.89. The Morgan fingerprint density at radius 1 is 1.27 bits per heavy atom. The van der Waals surface area contributed by atoms with E-state index in [1.807, 2.05) is 35.7 Å². The Kier molecular flexibility index (Phi) is 4.67. The third-order valence-corrected chi connectivity index (χ3v) is 5.58. The highest BCUT2D eigenvalue weighted by Gasteiger charge is 2.26. The summed E-state index contributed by atoms with van der Waals surface area (Å²) < 4.78 is 1.67. The molecule has 3 heterocycles. The standard InChI is InChI=1S/C16H14N6O2S2/c23-14-9-21(13-6-2-1-5-12(13)17-14)15(24)10-26-16-18-19-20-22(16)8-11-4-3-7-25-11/h1-7H,8-10H2,(H,17,23). The third kappa shape index (κ3) is 3.46. The molecule has 1 aromatic carbocycles. The molecular weight excluding hydrogens is 372 g/mol. The van der Waals surface area contributed by atoms with Crippen LogP contribution in [0.4, 0.5) is 11.4 Å². The summed E-state index contributed by atoms with van der Waals surface area (Å²) in [6.07, 6.45) is 0. The van der Waals surface area contributed by atoms with E-state index in [9.17, 15) is 9.59 Å². The Morgan fingerprint density at radius 3 is 3.00 bits per heavy atom. The summed E-state index contributed by atoms with van der Waals surface area (Å²) in [5.41, 5.74) is 1.35. The Morgan fingerprint density at radius 2 is 2.15 bits per heavy atom. The zero-order valence-corrected chi connectivity index (χ0v) is 15.2. The molecule has 4 rings (SSSR count). The van der Waals surface area contributed by atoms with Crippen molar-refractivity contribution >= 4 is 46.3 Å². The van der Waals surface area contributed by atoms with Crippen LogP contribution in [0.5, 0.6) is 0 Å². The van der Waals surface area contributed by atoms with Gasteiger partial charge in [-0.1, -0.05) is 30.0 Å². The van der Waals surface area contributed by atoms with E-state index in [-0.39, 0.29) is 24.1 Å². The summed E-state index contributed by atoms with van der Waals surface area (Å²) in [7, 11) is 0. The van der Waals surface area contributed by atoms with Gasteiger partial charge in [-0.2, -0.15) is 0 Å². The molecule has 2 aromatic heterocycles. The van der Waals surface area contributed by atoms with Gasteiger partial charge in [0.1, 0.15) is 6.54 Å². The number of nitrogens with one attached hydrogen (secondary N) is 1. The van der Waals surface area contributed by atoms with Crippen molar-refractivity contribution in [1.82, 2.24) is 20.2 Å². The highest BCUT2D eigenvalue weighted by Crippen LogP contribution is 2.29. The molecule has 0 fully saturated rings. The number of benzene rings is 1. The van der Waals surface area contributed by atoms with E-state index in [4.69, 9.17) is 0 Å². The first-order valence-electron chi connectivity index (χ1n) is 7.81. The zero-order chi connectivity index (χ0) is 17.9. The Hall–Kier alpha value is -2.72. The monoisotopic (exact) mass is 386 g/mol. The quantitative estimate of drug-likeness (QED) is 0.673. The van der Waals surface area contributed by atoms with E-state index in [1.54, 1.807) is 22.1 Å². The molecule has 0 spiro atoms. The van der Waals surface area contributed by atoms with Crippen molar-refractivity contribution in [2.24, 2.45) is 0 Å². The molecule has 10 heteroatoms. The number of thiophene rings is 1. The van der Waals surface area contributed by atoms with Crippen LogP contribution in [0, 0.1) is 0 Å². The lowest BCUT2D eigenvalue weighted by Gasteiger charge is -2.28. The van der Waals surface area contributed by atoms with Gasteiger partial charge in [-0.05, 0) is 34.0 Å². The molecular formula is C16H14N6O2S2. The molecule has 0 bridgehead atoms. The van der Waals surface area contributed by atoms with Crippen LogP contribution in [-0.4, -0.2) is 44.3 Å². The molecule has 1 aliphatic rings. The smallest absolute Gasteiger partial charge is 0.244 e. The number of carbonyl (C=O) groups is 2. The fourth-order valence-corrected chi connectivity index (χ4v) is 4.05. The Bertz CT molecular complexity index is 940. The van der Waals surface area contributed by atoms with Gasteiger partial charge in [-0.15, -0.1) is 16.4 Å². The molecule has 26 heavy (non-hydrogen) atoms. The van der Waals surface area contributed by atoms with Crippen LogP contribution >= 0.6 is 23.1 Å². The van der Waals surface area contributed by atoms with Crippen molar-refractivity contribution in [3.63, 3.8) is 0 Å². The molecule has 1 aliphatic heterocycles. The largest absolute Gasteiger partial charge is 0.323 e. The van der Waals surface area contributed by atoms with Crippen LogP contribution in [0.3, 0.4) is 0 Å². The molecule has 132 valence electrons. The minimum absolute atomic E-state index is 0.0105. The van der Waals surface area contributed by atoms with E-state index in [0.717, 1.165) is 4.88 Å². The maximum absolute atomic E-state index is 12.7. The number of carbonyl (C=O) groups excluding carboxylic acids is 2. The van der Waals surface area contributed by atoms with Crippen molar-refractivity contribution in [2.45, 2.75) is 11.7 Å². The number of thioether (sulfide) groups is 1. The van der Waals surface area contributed by atoms with Crippen LogP contribution in [0.15, 0.2) is 46.9 Å². The number of amides is 2. The summed E-state index contributed by atoms with van der Waals surface area (Å²) in [6.45, 7) is 0.576. The van der Waals surface area contributed by atoms with E-state index >= 15 is 0 Å². The molecule has 2 amide bonds. The number of hydrogen-bond donors (Lipinski definition) is 1. The van der Waals surface area contributed by atoms with Gasteiger partial charge in [-0.3, -0.25) is 9.59 Å². The van der Waals surface area contributed by atoms with Crippen molar-refractivity contribution in [3.05, 3.63) is 46.7 Å². The zero-order valence-electron chi connectivity index (χ0n) is 13.5. The van der Waals surface area contributed by atoms with Crippen LogP contribution < -0.4 is 10.2 Å². The van der Waals surface area contributed by atoms with Gasteiger partial charge in [0.05, 0.1) is 23.7 Å². The van der Waals surface area contributed by atoms with Crippen LogP contribution in [0.25, 0.3) is 0 Å². The molecule has 0 atom stereocenters. The molecule has 3 aromatic rings. The van der Waals surface area contributed by atoms with Crippen LogP contribution in [-0.2, 0) is 16.1 Å². The van der Waals surface area contributed by atoms with Gasteiger partial charge in [0.25, 0.3) is 0 Å². The normalized spacial score (nSPS) is 13.4. The van der Waals surface area contributed by atoms with Crippen LogP contribution in [0.1, 0.15) is 4.88 Å². The lowest BCUT2D eigenvalue weighted by atomic mass is 10.2. The molecule has 1 N–H and O–H groups in total. The highest BCUT2D eigenvalue weighted by molar-refractivity contribution is 7.99. The first-order chi connectivity index (χ1) is 12.7. The van der Waals surface area contributed by atoms with Gasteiger partial charge in [0.2, 0.25) is 17.0 Å². The Balaban J connectivity index is 1.45. The number of tetrazole rings is 1. The number of fused-ring (bicyclic) bond motifs is 1. The number of para-hydroxylation sites is 2. The Labute approximate surface area is 157 Å². The number of anilines is 2. The summed E-state index contributed by atoms with van der Waals surface area (Å²) in [4.78, 5) is 27.2. The number of hydrogen-bond acceptors (Lipinski definition) is 7. The van der Waals surface area contributed by atoms with E-state index in [0.29, 0.717) is 23.1 Å². The first kappa shape index (κ1) is 16.7. The van der Waals surface area contributed by atoms with E-state index in [2.05, 4.69) is 20.8 Å². The van der Waals surface area contributed by atoms with Gasteiger partial charge >= 0.3 is 0 Å². The lowest BCUT2D eigenvalue weighted by molar-refractivity contribution is -0.120. The van der Waals surface area contributed by atoms with Gasteiger partial charge < -0.3 is 10.2 Å². The molecule has 0 aliphatic carbocycles. The molecule has 0 saturated carbocycles.